The van der Waals surface area contributed by atoms with E-state index in [0.717, 1.165) is 36.9 Å². The molecule has 0 unspecified atom stereocenters. The van der Waals surface area contributed by atoms with Gasteiger partial charge in [0, 0.05) is 22.5 Å². The molecule has 0 radical (unpaired) electrons. The fourth-order valence-electron chi connectivity index (χ4n) is 4.17. The highest BCUT2D eigenvalue weighted by atomic mass is 35.5. The number of amides is 1. The summed E-state index contributed by atoms with van der Waals surface area (Å²) in [6, 6.07) is 13.0. The first-order valence-corrected chi connectivity index (χ1v) is 11.5. The van der Waals surface area contributed by atoms with E-state index in [0.29, 0.717) is 27.2 Å². The fraction of sp³-hybridized carbons (Fsp3) is 0.391. The summed E-state index contributed by atoms with van der Waals surface area (Å²) < 4.78 is 0. The van der Waals surface area contributed by atoms with Gasteiger partial charge in [-0.3, -0.25) is 9.80 Å². The predicted octanol–water partition coefficient (Wildman–Crippen LogP) is 6.79. The first kappa shape index (κ1) is 21.5. The summed E-state index contributed by atoms with van der Waals surface area (Å²) in [6.45, 7) is 0. The van der Waals surface area contributed by atoms with Gasteiger partial charge in [0.25, 0.3) is 5.91 Å². The Morgan fingerprint density at radius 1 is 0.933 bits per heavy atom. The number of carbonyl (C=O) groups is 1. The van der Waals surface area contributed by atoms with Gasteiger partial charge in [-0.15, -0.1) is 0 Å². The van der Waals surface area contributed by atoms with Crippen LogP contribution in [0.3, 0.4) is 0 Å². The second kappa shape index (κ2) is 9.59. The van der Waals surface area contributed by atoms with Crippen molar-refractivity contribution in [1.29, 1.82) is 0 Å². The van der Waals surface area contributed by atoms with Gasteiger partial charge < -0.3 is 5.32 Å². The van der Waals surface area contributed by atoms with Crippen LogP contribution in [0.25, 0.3) is 0 Å². The number of hydrogen-bond donors (Lipinski definition) is 1. The lowest BCUT2D eigenvalue weighted by Crippen LogP contribution is -2.38. The topological polar surface area (TPSA) is 44.7 Å². The Hall–Kier alpha value is -1.75. The maximum Gasteiger partial charge on any atom is 0.267 e. The second-order valence-electron chi connectivity index (χ2n) is 7.92. The first-order valence-electron chi connectivity index (χ1n) is 10.4. The van der Waals surface area contributed by atoms with Crippen molar-refractivity contribution in [1.82, 2.24) is 5.32 Å². The Kier molecular flexibility index (Phi) is 6.87. The zero-order valence-corrected chi connectivity index (χ0v) is 18.9. The standard InChI is InChI=1S/C23H24Cl3N3O/c24-16-9-7-15(8-10-16)22-14-20(23(30)27-18-5-3-1-2-4-6-18)28-29(22)21-12-11-17(25)13-19(21)26/h7-13,18,22H,1-6,14H2,(H,27,30)/t22-/m0/s1. The SMILES string of the molecule is O=C(NC1CCCCCC1)C1=NN(c2ccc(Cl)cc2Cl)[C@H](c2ccc(Cl)cc2)C1. The zero-order chi connectivity index (χ0) is 21.1. The third-order valence-corrected chi connectivity index (χ3v) is 6.56. The maximum absolute atomic E-state index is 13.0. The molecule has 0 spiro atoms. The molecule has 4 rings (SSSR count). The van der Waals surface area contributed by atoms with E-state index in [-0.39, 0.29) is 18.0 Å². The highest BCUT2D eigenvalue weighted by Gasteiger charge is 2.34. The van der Waals surface area contributed by atoms with E-state index >= 15 is 0 Å². The molecule has 1 fully saturated rings. The highest BCUT2D eigenvalue weighted by molar-refractivity contribution is 6.40. The minimum Gasteiger partial charge on any atom is -0.348 e. The lowest BCUT2D eigenvalue weighted by molar-refractivity contribution is -0.115. The smallest absolute Gasteiger partial charge is 0.267 e. The summed E-state index contributed by atoms with van der Waals surface area (Å²) in [4.78, 5) is 13.0. The van der Waals surface area contributed by atoms with Crippen molar-refractivity contribution in [2.75, 3.05) is 5.01 Å². The van der Waals surface area contributed by atoms with Crippen LogP contribution < -0.4 is 10.3 Å². The van der Waals surface area contributed by atoms with E-state index in [1.165, 1.54) is 12.8 Å². The lowest BCUT2D eigenvalue weighted by Gasteiger charge is -2.25. The predicted molar refractivity (Wildman–Crippen MR) is 125 cm³/mol. The quantitative estimate of drug-likeness (QED) is 0.506. The maximum atomic E-state index is 13.0. The molecule has 1 amide bonds. The molecule has 30 heavy (non-hydrogen) atoms. The number of anilines is 1. The molecule has 1 saturated carbocycles. The Labute approximate surface area is 192 Å². The van der Waals surface area contributed by atoms with Crippen molar-refractivity contribution in [3.8, 4) is 0 Å². The van der Waals surface area contributed by atoms with Crippen LogP contribution in [-0.4, -0.2) is 17.7 Å². The van der Waals surface area contributed by atoms with Gasteiger partial charge in [-0.05, 0) is 48.7 Å². The van der Waals surface area contributed by atoms with E-state index in [2.05, 4.69) is 5.32 Å². The number of halogens is 3. The second-order valence-corrected chi connectivity index (χ2v) is 9.20. The largest absolute Gasteiger partial charge is 0.348 e. The average Bonchev–Trinajstić information content (AvgIpc) is 3.00. The van der Waals surface area contributed by atoms with Crippen LogP contribution in [0.2, 0.25) is 15.1 Å². The van der Waals surface area contributed by atoms with Crippen molar-refractivity contribution >= 4 is 52.1 Å². The van der Waals surface area contributed by atoms with E-state index in [4.69, 9.17) is 39.9 Å². The number of carbonyl (C=O) groups excluding carboxylic acids is 1. The van der Waals surface area contributed by atoms with Gasteiger partial charge in [-0.2, -0.15) is 5.10 Å². The summed E-state index contributed by atoms with van der Waals surface area (Å²) in [5.41, 5.74) is 2.26. The molecule has 0 saturated heterocycles. The van der Waals surface area contributed by atoms with E-state index in [1.54, 1.807) is 12.1 Å². The van der Waals surface area contributed by atoms with Crippen molar-refractivity contribution in [2.45, 2.75) is 57.0 Å². The molecule has 1 N–H and O–H groups in total. The number of hydrazone groups is 1. The van der Waals surface area contributed by atoms with E-state index in [1.807, 2.05) is 35.3 Å². The molecule has 2 aliphatic rings. The average molecular weight is 465 g/mol. The summed E-state index contributed by atoms with van der Waals surface area (Å²) >= 11 is 18.6. The summed E-state index contributed by atoms with van der Waals surface area (Å²) in [5, 5.41) is 11.4. The number of nitrogens with one attached hydrogen (secondary N) is 1. The van der Waals surface area contributed by atoms with Crippen LogP contribution in [0.4, 0.5) is 5.69 Å². The Morgan fingerprint density at radius 3 is 2.27 bits per heavy atom. The molecule has 158 valence electrons. The van der Waals surface area contributed by atoms with Crippen molar-refractivity contribution < 1.29 is 4.79 Å². The summed E-state index contributed by atoms with van der Waals surface area (Å²) in [7, 11) is 0. The van der Waals surface area contributed by atoms with Crippen LogP contribution in [-0.2, 0) is 4.79 Å². The van der Waals surface area contributed by atoms with E-state index in [9.17, 15) is 4.79 Å². The molecular weight excluding hydrogens is 441 g/mol. The van der Waals surface area contributed by atoms with Gasteiger partial charge in [0.15, 0.2) is 0 Å². The zero-order valence-electron chi connectivity index (χ0n) is 16.6. The van der Waals surface area contributed by atoms with Crippen LogP contribution in [0.15, 0.2) is 47.6 Å². The molecule has 7 heteroatoms. The van der Waals surface area contributed by atoms with Gasteiger partial charge in [-0.25, -0.2) is 0 Å². The molecule has 1 atom stereocenters. The fourth-order valence-corrected chi connectivity index (χ4v) is 4.79. The molecule has 1 aliphatic carbocycles. The molecule has 1 heterocycles. The molecule has 4 nitrogen and oxygen atoms in total. The van der Waals surface area contributed by atoms with Gasteiger partial charge in [0.2, 0.25) is 0 Å². The normalized spacial score (nSPS) is 20.0. The number of rotatable bonds is 4. The van der Waals surface area contributed by atoms with Crippen molar-refractivity contribution in [3.05, 3.63) is 63.1 Å². The minimum atomic E-state index is -0.143. The monoisotopic (exact) mass is 463 g/mol. The highest BCUT2D eigenvalue weighted by Crippen LogP contribution is 2.40. The van der Waals surface area contributed by atoms with Gasteiger partial charge in [-0.1, -0.05) is 72.6 Å². The molecule has 0 aromatic heterocycles. The third kappa shape index (κ3) is 4.93. The third-order valence-electron chi connectivity index (χ3n) is 5.77. The van der Waals surface area contributed by atoms with Crippen LogP contribution in [0.1, 0.15) is 56.6 Å². The molecule has 1 aliphatic heterocycles. The minimum absolute atomic E-state index is 0.0894. The first-order chi connectivity index (χ1) is 14.5. The number of benzene rings is 2. The molecule has 2 aromatic carbocycles. The van der Waals surface area contributed by atoms with Gasteiger partial charge in [0.05, 0.1) is 16.8 Å². The van der Waals surface area contributed by atoms with Crippen molar-refractivity contribution in [2.24, 2.45) is 5.10 Å². The van der Waals surface area contributed by atoms with Crippen LogP contribution in [0.5, 0.6) is 0 Å². The van der Waals surface area contributed by atoms with Crippen LogP contribution in [0, 0.1) is 0 Å². The molecule has 2 aromatic rings. The molecule has 0 bridgehead atoms. The van der Waals surface area contributed by atoms with Gasteiger partial charge >= 0.3 is 0 Å². The lowest BCUT2D eigenvalue weighted by atomic mass is 10.0. The number of hydrogen-bond acceptors (Lipinski definition) is 3. The van der Waals surface area contributed by atoms with Gasteiger partial charge in [0.1, 0.15) is 5.71 Å². The Balaban J connectivity index is 1.61. The Bertz CT molecular complexity index is 937. The summed E-state index contributed by atoms with van der Waals surface area (Å²) in [5.74, 6) is -0.0894. The number of nitrogens with zero attached hydrogens (tertiary/aromatic N) is 2. The van der Waals surface area contributed by atoms with Crippen molar-refractivity contribution in [3.63, 3.8) is 0 Å². The van der Waals surface area contributed by atoms with E-state index < -0.39 is 0 Å². The van der Waals surface area contributed by atoms with Crippen LogP contribution >= 0.6 is 34.8 Å². The Morgan fingerprint density at radius 2 is 1.60 bits per heavy atom. The summed E-state index contributed by atoms with van der Waals surface area (Å²) in [6.07, 6.45) is 7.39. The molecular formula is C23H24Cl3N3O.